The highest BCUT2D eigenvalue weighted by Crippen LogP contribution is 2.67. The molecule has 4 rings (SSSR count). The summed E-state index contributed by atoms with van der Waals surface area (Å²) in [6.07, 6.45) is 5.61. The summed E-state index contributed by atoms with van der Waals surface area (Å²) in [7, 11) is 1.77. The molecule has 2 nitrogen and oxygen atoms in total. The summed E-state index contributed by atoms with van der Waals surface area (Å²) in [5.41, 5.74) is 5.12. The quantitative estimate of drug-likeness (QED) is 0.775. The Labute approximate surface area is 153 Å². The van der Waals surface area contributed by atoms with Crippen LogP contribution < -0.4 is 4.74 Å². The summed E-state index contributed by atoms with van der Waals surface area (Å²) in [5.74, 6) is 2.28. The number of aliphatic hydroxyl groups is 1. The molecule has 0 heterocycles. The van der Waals surface area contributed by atoms with Crippen molar-refractivity contribution in [2.24, 2.45) is 22.7 Å². The van der Waals surface area contributed by atoms with Crippen LogP contribution in [0.2, 0.25) is 0 Å². The number of hydrogen-bond acceptors (Lipinski definition) is 2. The van der Waals surface area contributed by atoms with Gasteiger partial charge in [-0.05, 0) is 95.9 Å². The van der Waals surface area contributed by atoms with Crippen LogP contribution in [0.1, 0.15) is 70.1 Å². The summed E-state index contributed by atoms with van der Waals surface area (Å²) in [6, 6.07) is 4.50. The third-order valence-corrected chi connectivity index (χ3v) is 8.65. The average molecular weight is 343 g/mol. The van der Waals surface area contributed by atoms with E-state index in [0.29, 0.717) is 17.3 Å². The second kappa shape index (κ2) is 5.25. The van der Waals surface area contributed by atoms with E-state index in [-0.39, 0.29) is 16.9 Å². The second-order valence-electron chi connectivity index (χ2n) is 10.1. The Morgan fingerprint density at radius 1 is 1.04 bits per heavy atom. The van der Waals surface area contributed by atoms with Gasteiger partial charge in [-0.2, -0.15) is 0 Å². The van der Waals surface area contributed by atoms with Crippen molar-refractivity contribution in [3.05, 3.63) is 28.8 Å². The molecule has 1 aromatic rings. The molecule has 3 aliphatic carbocycles. The molecule has 0 aromatic heterocycles. The van der Waals surface area contributed by atoms with Gasteiger partial charge in [0.15, 0.2) is 0 Å². The summed E-state index contributed by atoms with van der Waals surface area (Å²) in [5, 5.41) is 10.7. The zero-order valence-corrected chi connectivity index (χ0v) is 16.8. The molecule has 1 N–H and O–H groups in total. The molecule has 2 heteroatoms. The molecule has 0 amide bonds. The van der Waals surface area contributed by atoms with E-state index in [4.69, 9.17) is 4.74 Å². The van der Waals surface area contributed by atoms with Crippen LogP contribution in [-0.4, -0.2) is 18.3 Å². The van der Waals surface area contributed by atoms with Crippen LogP contribution in [0.15, 0.2) is 12.1 Å². The Bertz CT molecular complexity index is 706. The number of hydrogen-bond donors (Lipinski definition) is 1. The number of fused-ring (bicyclic) bond motifs is 5. The maximum Gasteiger partial charge on any atom is 0.119 e. The highest BCUT2D eigenvalue weighted by atomic mass is 16.5. The van der Waals surface area contributed by atoms with Crippen molar-refractivity contribution in [3.63, 3.8) is 0 Å². The topological polar surface area (TPSA) is 29.5 Å². The molecule has 3 aliphatic rings. The van der Waals surface area contributed by atoms with Gasteiger partial charge in [0.2, 0.25) is 0 Å². The van der Waals surface area contributed by atoms with Gasteiger partial charge in [-0.1, -0.05) is 27.7 Å². The number of aryl methyl sites for hydroxylation is 1. The molecule has 5 atom stereocenters. The Balaban J connectivity index is 1.81. The smallest absolute Gasteiger partial charge is 0.119 e. The first-order chi connectivity index (χ1) is 11.6. The van der Waals surface area contributed by atoms with Crippen molar-refractivity contribution in [1.29, 1.82) is 0 Å². The molecule has 1 aromatic carbocycles. The molecule has 0 bridgehead atoms. The number of methoxy groups -OCH3 is 1. The molecule has 138 valence electrons. The fourth-order valence-corrected chi connectivity index (χ4v) is 7.44. The monoisotopic (exact) mass is 342 g/mol. The lowest BCUT2D eigenvalue weighted by Gasteiger charge is -2.62. The number of aliphatic hydroxyl groups excluding tert-OH is 1. The zero-order valence-electron chi connectivity index (χ0n) is 16.8. The van der Waals surface area contributed by atoms with E-state index in [1.807, 2.05) is 0 Å². The molecule has 0 saturated heterocycles. The first-order valence-corrected chi connectivity index (χ1v) is 10.0. The van der Waals surface area contributed by atoms with Crippen LogP contribution in [0.3, 0.4) is 0 Å². The van der Waals surface area contributed by atoms with Gasteiger partial charge in [0.1, 0.15) is 5.75 Å². The first-order valence-electron chi connectivity index (χ1n) is 10.0. The standard InChI is InChI=1S/C23H34O2/c1-14-11-16(25-6)12-15-13-18-22(4)10-8-19(24)21(2,3)17(22)7-9-23(18,5)20(14)15/h11-12,17-19,24H,7-10,13H2,1-6H3/t17-,18+,19-,22-,23+/m1/s1. The largest absolute Gasteiger partial charge is 0.497 e. The Morgan fingerprint density at radius 2 is 1.76 bits per heavy atom. The van der Waals surface area contributed by atoms with Gasteiger partial charge in [0, 0.05) is 0 Å². The van der Waals surface area contributed by atoms with Crippen LogP contribution in [0.5, 0.6) is 5.75 Å². The highest BCUT2D eigenvalue weighted by molar-refractivity contribution is 5.51. The predicted octanol–water partition coefficient (Wildman–Crippen LogP) is 5.03. The lowest BCUT2D eigenvalue weighted by Crippen LogP contribution is -2.58. The van der Waals surface area contributed by atoms with E-state index in [0.717, 1.165) is 18.6 Å². The lowest BCUT2D eigenvalue weighted by molar-refractivity contribution is -0.151. The van der Waals surface area contributed by atoms with E-state index < -0.39 is 0 Å². The maximum absolute atomic E-state index is 10.7. The molecule has 2 saturated carbocycles. The summed E-state index contributed by atoms with van der Waals surface area (Å²) in [4.78, 5) is 0. The highest BCUT2D eigenvalue weighted by Gasteiger charge is 2.62. The van der Waals surface area contributed by atoms with E-state index >= 15 is 0 Å². The maximum atomic E-state index is 10.7. The minimum absolute atomic E-state index is 0.0236. The van der Waals surface area contributed by atoms with Crippen molar-refractivity contribution < 1.29 is 9.84 Å². The number of benzene rings is 1. The SMILES string of the molecule is COc1cc(C)c2c(c1)C[C@H]1[C@]3(C)CC[C@@H](O)C(C)(C)[C@H]3CC[C@]21C. The molecule has 0 radical (unpaired) electrons. The van der Waals surface area contributed by atoms with E-state index in [9.17, 15) is 5.11 Å². The van der Waals surface area contributed by atoms with Gasteiger partial charge < -0.3 is 9.84 Å². The van der Waals surface area contributed by atoms with Crippen LogP contribution in [0.25, 0.3) is 0 Å². The Kier molecular flexibility index (Phi) is 3.65. The van der Waals surface area contributed by atoms with Gasteiger partial charge in [-0.3, -0.25) is 0 Å². The van der Waals surface area contributed by atoms with Crippen LogP contribution in [-0.2, 0) is 11.8 Å². The van der Waals surface area contributed by atoms with Crippen molar-refractivity contribution >= 4 is 0 Å². The fraction of sp³-hybridized carbons (Fsp3) is 0.739. The van der Waals surface area contributed by atoms with Crippen LogP contribution in [0, 0.1) is 29.6 Å². The Hall–Kier alpha value is -1.02. The van der Waals surface area contributed by atoms with Gasteiger partial charge in [-0.15, -0.1) is 0 Å². The third-order valence-electron chi connectivity index (χ3n) is 8.65. The summed E-state index contributed by atoms with van der Waals surface area (Å²) < 4.78 is 5.55. The molecule has 2 fully saturated rings. The van der Waals surface area contributed by atoms with E-state index in [2.05, 4.69) is 46.8 Å². The normalized spacial score (nSPS) is 41.6. The Morgan fingerprint density at radius 3 is 2.44 bits per heavy atom. The van der Waals surface area contributed by atoms with Gasteiger partial charge >= 0.3 is 0 Å². The fourth-order valence-electron chi connectivity index (χ4n) is 7.44. The minimum Gasteiger partial charge on any atom is -0.497 e. The molecule has 0 aliphatic heterocycles. The van der Waals surface area contributed by atoms with Crippen molar-refractivity contribution in [2.75, 3.05) is 7.11 Å². The third kappa shape index (κ3) is 2.13. The van der Waals surface area contributed by atoms with Crippen LogP contribution >= 0.6 is 0 Å². The molecule has 0 unspecified atom stereocenters. The summed E-state index contributed by atoms with van der Waals surface area (Å²) >= 11 is 0. The van der Waals surface area contributed by atoms with Gasteiger partial charge in [-0.25, -0.2) is 0 Å². The minimum atomic E-state index is -0.152. The molecule has 0 spiro atoms. The average Bonchev–Trinajstić information content (AvgIpc) is 2.86. The predicted molar refractivity (Wildman–Crippen MR) is 102 cm³/mol. The molecular formula is C23H34O2. The van der Waals surface area contributed by atoms with Gasteiger partial charge in [0.25, 0.3) is 0 Å². The number of rotatable bonds is 1. The zero-order chi connectivity index (χ0) is 18.2. The lowest BCUT2D eigenvalue weighted by atomic mass is 9.43. The first kappa shape index (κ1) is 17.4. The second-order valence-corrected chi connectivity index (χ2v) is 10.1. The van der Waals surface area contributed by atoms with Crippen LogP contribution in [0.4, 0.5) is 0 Å². The number of ether oxygens (including phenoxy) is 1. The van der Waals surface area contributed by atoms with Crippen molar-refractivity contribution in [1.82, 2.24) is 0 Å². The van der Waals surface area contributed by atoms with E-state index in [1.165, 1.54) is 30.4 Å². The summed E-state index contributed by atoms with van der Waals surface area (Å²) in [6.45, 7) is 11.9. The van der Waals surface area contributed by atoms with E-state index in [1.54, 1.807) is 12.7 Å². The molecule has 25 heavy (non-hydrogen) atoms. The van der Waals surface area contributed by atoms with Crippen molar-refractivity contribution in [3.8, 4) is 5.75 Å². The molecular weight excluding hydrogens is 308 g/mol. The van der Waals surface area contributed by atoms with Gasteiger partial charge in [0.05, 0.1) is 13.2 Å². The van der Waals surface area contributed by atoms with Crippen molar-refractivity contribution in [2.45, 2.75) is 78.2 Å².